The summed E-state index contributed by atoms with van der Waals surface area (Å²) in [7, 11) is -0.548. The Morgan fingerprint density at radius 1 is 1.04 bits per heavy atom. The Morgan fingerprint density at radius 2 is 1.60 bits per heavy atom. The van der Waals surface area contributed by atoms with Gasteiger partial charge in [0.2, 0.25) is 10.0 Å². The molecule has 0 bridgehead atoms. The van der Waals surface area contributed by atoms with Gasteiger partial charge in [0.25, 0.3) is 5.91 Å². The fourth-order valence-electron chi connectivity index (χ4n) is 1.86. The van der Waals surface area contributed by atoms with E-state index < -0.39 is 10.0 Å². The number of thiocarbonyl (C=S) groups is 1. The zero-order chi connectivity index (χ0) is 18.6. The summed E-state index contributed by atoms with van der Waals surface area (Å²) in [5.74, 6) is -0.336. The lowest BCUT2D eigenvalue weighted by molar-refractivity contribution is 0.0977. The molecule has 0 atom stereocenters. The predicted octanol–water partition coefficient (Wildman–Crippen LogP) is 2.83. The maximum Gasteiger partial charge on any atom is 0.257 e. The second-order valence-electron chi connectivity index (χ2n) is 5.23. The zero-order valence-electron chi connectivity index (χ0n) is 13.5. The molecule has 0 heterocycles. The van der Waals surface area contributed by atoms with Crippen LogP contribution in [-0.4, -0.2) is 37.8 Å². The molecule has 2 aromatic rings. The molecule has 0 saturated heterocycles. The minimum Gasteiger partial charge on any atom is -0.332 e. The highest BCUT2D eigenvalue weighted by Gasteiger charge is 2.16. The maximum absolute atomic E-state index is 12.1. The van der Waals surface area contributed by atoms with Gasteiger partial charge in [-0.1, -0.05) is 15.9 Å². The largest absolute Gasteiger partial charge is 0.332 e. The average molecular weight is 442 g/mol. The summed E-state index contributed by atoms with van der Waals surface area (Å²) < 4.78 is 26.0. The van der Waals surface area contributed by atoms with Crippen LogP contribution in [0.5, 0.6) is 0 Å². The number of nitrogens with one attached hydrogen (secondary N) is 2. The third-order valence-electron chi connectivity index (χ3n) is 3.22. The topological polar surface area (TPSA) is 78.5 Å². The molecule has 0 aliphatic rings. The van der Waals surface area contributed by atoms with Crippen LogP contribution in [0.3, 0.4) is 0 Å². The van der Waals surface area contributed by atoms with Gasteiger partial charge in [0.15, 0.2) is 5.11 Å². The normalized spacial score (nSPS) is 11.2. The number of rotatable bonds is 4. The molecule has 0 fully saturated rings. The Morgan fingerprint density at radius 3 is 2.12 bits per heavy atom. The summed E-state index contributed by atoms with van der Waals surface area (Å²) in [6.45, 7) is 0. The van der Waals surface area contributed by atoms with Crippen LogP contribution in [0.15, 0.2) is 57.9 Å². The molecule has 0 aliphatic carbocycles. The Balaban J connectivity index is 2.01. The first kappa shape index (κ1) is 19.5. The van der Waals surface area contributed by atoms with Crippen LogP contribution in [0, 0.1) is 0 Å². The van der Waals surface area contributed by atoms with Crippen LogP contribution >= 0.6 is 28.1 Å². The summed E-state index contributed by atoms with van der Waals surface area (Å²) in [6, 6.07) is 13.0. The highest BCUT2D eigenvalue weighted by atomic mass is 79.9. The smallest absolute Gasteiger partial charge is 0.257 e. The summed E-state index contributed by atoms with van der Waals surface area (Å²) >= 11 is 8.41. The third kappa shape index (κ3) is 5.08. The van der Waals surface area contributed by atoms with Gasteiger partial charge in [-0.3, -0.25) is 10.1 Å². The van der Waals surface area contributed by atoms with Crippen LogP contribution in [-0.2, 0) is 10.0 Å². The SMILES string of the molecule is CN(C)S(=O)(=O)c1ccc(NC(=S)NC(=O)c2ccc(Br)cc2)cc1. The highest BCUT2D eigenvalue weighted by molar-refractivity contribution is 9.10. The fraction of sp³-hybridized carbons (Fsp3) is 0.125. The van der Waals surface area contributed by atoms with Crippen molar-refractivity contribution in [3.05, 3.63) is 58.6 Å². The molecular formula is C16H16BrN3O3S2. The second kappa shape index (κ2) is 8.05. The van der Waals surface area contributed by atoms with Gasteiger partial charge in [-0.15, -0.1) is 0 Å². The summed E-state index contributed by atoms with van der Waals surface area (Å²) in [5, 5.41) is 5.53. The summed E-state index contributed by atoms with van der Waals surface area (Å²) in [5.41, 5.74) is 1.04. The van der Waals surface area contributed by atoms with E-state index in [-0.39, 0.29) is 15.9 Å². The Kier molecular flexibility index (Phi) is 6.28. The van der Waals surface area contributed by atoms with Gasteiger partial charge in [-0.05, 0) is 60.7 Å². The van der Waals surface area contributed by atoms with Gasteiger partial charge >= 0.3 is 0 Å². The number of sulfonamides is 1. The van der Waals surface area contributed by atoms with Crippen molar-refractivity contribution in [2.24, 2.45) is 0 Å². The van der Waals surface area contributed by atoms with Crippen LogP contribution in [0.4, 0.5) is 5.69 Å². The predicted molar refractivity (Wildman–Crippen MR) is 105 cm³/mol. The molecule has 0 spiro atoms. The molecule has 1 amide bonds. The number of carbonyl (C=O) groups excluding carboxylic acids is 1. The number of amides is 1. The minimum absolute atomic E-state index is 0.121. The second-order valence-corrected chi connectivity index (χ2v) is 8.70. The molecule has 0 unspecified atom stereocenters. The number of nitrogens with zero attached hydrogens (tertiary/aromatic N) is 1. The van der Waals surface area contributed by atoms with Gasteiger partial charge in [-0.2, -0.15) is 0 Å². The number of anilines is 1. The number of hydrogen-bond donors (Lipinski definition) is 2. The van der Waals surface area contributed by atoms with Gasteiger partial charge in [0.05, 0.1) is 4.90 Å². The lowest BCUT2D eigenvalue weighted by atomic mass is 10.2. The van der Waals surface area contributed by atoms with Crippen LogP contribution < -0.4 is 10.6 Å². The lowest BCUT2D eigenvalue weighted by Crippen LogP contribution is -2.34. The first-order valence-corrected chi connectivity index (χ1v) is 9.75. The first-order chi connectivity index (χ1) is 11.7. The van der Waals surface area contributed by atoms with Gasteiger partial charge in [0, 0.05) is 29.8 Å². The number of halogens is 1. The van der Waals surface area contributed by atoms with E-state index in [0.717, 1.165) is 8.78 Å². The molecule has 0 radical (unpaired) electrons. The van der Waals surface area contributed by atoms with Crippen LogP contribution in [0.2, 0.25) is 0 Å². The molecule has 2 rings (SSSR count). The number of benzene rings is 2. The van der Waals surface area contributed by atoms with E-state index in [4.69, 9.17) is 12.2 Å². The Hall–Kier alpha value is -1.81. The molecule has 6 nitrogen and oxygen atoms in total. The van der Waals surface area contributed by atoms with E-state index in [1.54, 1.807) is 36.4 Å². The Labute approximate surface area is 160 Å². The fourth-order valence-corrected chi connectivity index (χ4v) is 3.24. The van der Waals surface area contributed by atoms with E-state index in [1.807, 2.05) is 0 Å². The standard InChI is InChI=1S/C16H16BrN3O3S2/c1-20(2)25(22,23)14-9-7-13(8-10-14)18-16(24)19-15(21)11-3-5-12(17)6-4-11/h3-10H,1-2H3,(H2,18,19,21,24). The number of carbonyl (C=O) groups is 1. The lowest BCUT2D eigenvalue weighted by Gasteiger charge is -2.13. The maximum atomic E-state index is 12.1. The molecule has 0 aliphatic heterocycles. The third-order valence-corrected chi connectivity index (χ3v) is 5.79. The summed E-state index contributed by atoms with van der Waals surface area (Å²) in [4.78, 5) is 12.3. The van der Waals surface area contributed by atoms with Gasteiger partial charge in [-0.25, -0.2) is 12.7 Å². The Bertz CT molecular complexity index is 880. The molecule has 0 saturated carbocycles. The van der Waals surface area contributed by atoms with E-state index in [2.05, 4.69) is 26.6 Å². The van der Waals surface area contributed by atoms with E-state index in [1.165, 1.54) is 26.2 Å². The molecule has 0 aromatic heterocycles. The van der Waals surface area contributed by atoms with Crippen molar-refractivity contribution in [1.29, 1.82) is 0 Å². The van der Waals surface area contributed by atoms with Crippen molar-refractivity contribution in [3.8, 4) is 0 Å². The van der Waals surface area contributed by atoms with Crippen molar-refractivity contribution in [2.45, 2.75) is 4.90 Å². The molecule has 25 heavy (non-hydrogen) atoms. The van der Waals surface area contributed by atoms with Crippen LogP contribution in [0.1, 0.15) is 10.4 Å². The molecule has 2 N–H and O–H groups in total. The average Bonchev–Trinajstić information content (AvgIpc) is 2.55. The van der Waals surface area contributed by atoms with Crippen molar-refractivity contribution < 1.29 is 13.2 Å². The van der Waals surface area contributed by atoms with Crippen molar-refractivity contribution in [1.82, 2.24) is 9.62 Å². The van der Waals surface area contributed by atoms with E-state index >= 15 is 0 Å². The van der Waals surface area contributed by atoms with E-state index in [9.17, 15) is 13.2 Å². The van der Waals surface area contributed by atoms with Gasteiger partial charge in [0.1, 0.15) is 0 Å². The molecular weight excluding hydrogens is 426 g/mol. The molecule has 132 valence electrons. The van der Waals surface area contributed by atoms with Crippen LogP contribution in [0.25, 0.3) is 0 Å². The highest BCUT2D eigenvalue weighted by Crippen LogP contribution is 2.16. The quantitative estimate of drug-likeness (QED) is 0.713. The monoisotopic (exact) mass is 441 g/mol. The van der Waals surface area contributed by atoms with E-state index in [0.29, 0.717) is 11.3 Å². The molecule has 2 aromatic carbocycles. The van der Waals surface area contributed by atoms with Crippen molar-refractivity contribution in [3.63, 3.8) is 0 Å². The van der Waals surface area contributed by atoms with Crippen molar-refractivity contribution >= 4 is 54.9 Å². The number of hydrogen-bond acceptors (Lipinski definition) is 4. The zero-order valence-corrected chi connectivity index (χ0v) is 16.7. The van der Waals surface area contributed by atoms with Crippen molar-refractivity contribution in [2.75, 3.05) is 19.4 Å². The molecule has 9 heteroatoms. The minimum atomic E-state index is -3.48. The first-order valence-electron chi connectivity index (χ1n) is 7.10. The van der Waals surface area contributed by atoms with Gasteiger partial charge < -0.3 is 5.32 Å². The summed E-state index contributed by atoms with van der Waals surface area (Å²) in [6.07, 6.45) is 0.